The number of carbonyl (C=O) groups excluding carboxylic acids is 1. The first kappa shape index (κ1) is 17.9. The Balaban J connectivity index is 1.48. The molecule has 142 valence electrons. The number of methoxy groups -OCH3 is 2. The predicted molar refractivity (Wildman–Crippen MR) is 105 cm³/mol. The lowest BCUT2D eigenvalue weighted by molar-refractivity contribution is -0.118. The largest absolute Gasteiger partial charge is 0.497 e. The maximum absolute atomic E-state index is 12.8. The Morgan fingerprint density at radius 2 is 1.78 bits per heavy atom. The molecule has 0 bridgehead atoms. The second-order valence-electron chi connectivity index (χ2n) is 7.31. The van der Waals surface area contributed by atoms with Crippen molar-refractivity contribution in [3.63, 3.8) is 0 Å². The highest BCUT2D eigenvalue weighted by Crippen LogP contribution is 2.41. The maximum Gasteiger partial charge on any atom is 0.238 e. The van der Waals surface area contributed by atoms with Gasteiger partial charge in [-0.05, 0) is 36.8 Å². The van der Waals surface area contributed by atoms with Gasteiger partial charge in [0.15, 0.2) is 0 Å². The van der Waals surface area contributed by atoms with E-state index < -0.39 is 0 Å². The van der Waals surface area contributed by atoms with Crippen molar-refractivity contribution >= 4 is 11.6 Å². The van der Waals surface area contributed by atoms with Gasteiger partial charge in [0.2, 0.25) is 5.91 Å². The first-order chi connectivity index (χ1) is 13.2. The fourth-order valence-electron chi connectivity index (χ4n) is 4.03. The zero-order valence-electron chi connectivity index (χ0n) is 15.9. The molecule has 0 spiro atoms. The quantitative estimate of drug-likeness (QED) is 0.810. The Morgan fingerprint density at radius 3 is 2.44 bits per heavy atom. The lowest BCUT2D eigenvalue weighted by Crippen LogP contribution is -2.37. The summed E-state index contributed by atoms with van der Waals surface area (Å²) < 4.78 is 10.6. The van der Waals surface area contributed by atoms with Crippen LogP contribution in [0.15, 0.2) is 42.5 Å². The van der Waals surface area contributed by atoms with Crippen LogP contribution in [-0.2, 0) is 11.2 Å². The Morgan fingerprint density at radius 1 is 1.07 bits per heavy atom. The van der Waals surface area contributed by atoms with E-state index in [9.17, 15) is 4.79 Å². The fourth-order valence-corrected chi connectivity index (χ4v) is 4.03. The normalized spacial score (nSPS) is 18.3. The molecule has 2 aliphatic carbocycles. The monoisotopic (exact) mass is 366 g/mol. The van der Waals surface area contributed by atoms with Crippen molar-refractivity contribution in [2.45, 2.75) is 37.8 Å². The molecule has 4 rings (SSSR count). The van der Waals surface area contributed by atoms with Gasteiger partial charge in [-0.3, -0.25) is 9.69 Å². The van der Waals surface area contributed by atoms with E-state index >= 15 is 0 Å². The molecule has 27 heavy (non-hydrogen) atoms. The first-order valence-corrected chi connectivity index (χ1v) is 9.54. The predicted octanol–water partition coefficient (Wildman–Crippen LogP) is 3.79. The van der Waals surface area contributed by atoms with Crippen molar-refractivity contribution in [2.24, 2.45) is 0 Å². The molecular formula is C22H26N2O3. The third-order valence-electron chi connectivity index (χ3n) is 5.48. The number of fused-ring (bicyclic) bond motifs is 1. The summed E-state index contributed by atoms with van der Waals surface area (Å²) in [6.07, 6.45) is 4.55. The Kier molecular flexibility index (Phi) is 5.03. The zero-order chi connectivity index (χ0) is 18.8. The van der Waals surface area contributed by atoms with E-state index in [0.29, 0.717) is 35.8 Å². The number of carbonyl (C=O) groups is 1. The van der Waals surface area contributed by atoms with Crippen LogP contribution in [0.4, 0.5) is 5.69 Å². The number of hydrogen-bond donors (Lipinski definition) is 1. The van der Waals surface area contributed by atoms with E-state index in [4.69, 9.17) is 9.47 Å². The summed E-state index contributed by atoms with van der Waals surface area (Å²) in [4.78, 5) is 15.2. The van der Waals surface area contributed by atoms with Crippen LogP contribution in [0.25, 0.3) is 0 Å². The number of hydrogen-bond acceptors (Lipinski definition) is 4. The molecule has 1 saturated carbocycles. The van der Waals surface area contributed by atoms with Crippen LogP contribution in [0, 0.1) is 0 Å². The van der Waals surface area contributed by atoms with Gasteiger partial charge in [0, 0.05) is 36.0 Å². The second kappa shape index (κ2) is 7.61. The number of nitrogens with zero attached hydrogens (tertiary/aromatic N) is 1. The summed E-state index contributed by atoms with van der Waals surface area (Å²) in [5, 5.41) is 3.01. The number of ether oxygens (including phenoxy) is 2. The summed E-state index contributed by atoms with van der Waals surface area (Å²) in [6, 6.07) is 14.9. The average molecular weight is 366 g/mol. The SMILES string of the molecule is COc1cc(NC(=O)CN(C2CC2)[C@H]2CCc3ccccc32)cc(OC)c1. The van der Waals surface area contributed by atoms with E-state index in [2.05, 4.69) is 34.5 Å². The van der Waals surface area contributed by atoms with Crippen LogP contribution >= 0.6 is 0 Å². The van der Waals surface area contributed by atoms with Crippen molar-refractivity contribution in [1.82, 2.24) is 4.90 Å². The molecule has 5 heteroatoms. The molecule has 0 saturated heterocycles. The summed E-state index contributed by atoms with van der Waals surface area (Å²) in [7, 11) is 3.21. The molecule has 0 aliphatic heterocycles. The molecular weight excluding hydrogens is 340 g/mol. The van der Waals surface area contributed by atoms with Crippen LogP contribution in [-0.4, -0.2) is 37.6 Å². The lowest BCUT2D eigenvalue weighted by Gasteiger charge is -2.29. The summed E-state index contributed by atoms with van der Waals surface area (Å²) in [6.45, 7) is 0.406. The van der Waals surface area contributed by atoms with Gasteiger partial charge >= 0.3 is 0 Å². The van der Waals surface area contributed by atoms with Gasteiger partial charge in [-0.1, -0.05) is 24.3 Å². The van der Waals surface area contributed by atoms with Crippen molar-refractivity contribution in [2.75, 3.05) is 26.1 Å². The minimum atomic E-state index is 0.00147. The standard InChI is InChI=1S/C22H26N2O3/c1-26-18-11-16(12-19(13-18)27-2)23-22(25)14-24(17-8-9-17)21-10-7-15-5-3-4-6-20(15)21/h3-6,11-13,17,21H,7-10,14H2,1-2H3,(H,23,25)/t21-/m0/s1. The summed E-state index contributed by atoms with van der Waals surface area (Å²) in [5.41, 5.74) is 3.50. The van der Waals surface area contributed by atoms with Crippen molar-refractivity contribution in [3.05, 3.63) is 53.6 Å². The maximum atomic E-state index is 12.8. The van der Waals surface area contributed by atoms with Gasteiger partial charge in [-0.2, -0.15) is 0 Å². The molecule has 0 unspecified atom stereocenters. The van der Waals surface area contributed by atoms with E-state index in [1.165, 1.54) is 24.0 Å². The molecule has 2 aliphatic rings. The summed E-state index contributed by atoms with van der Waals surface area (Å²) in [5.74, 6) is 1.32. The molecule has 0 radical (unpaired) electrons. The number of rotatable bonds is 7. The van der Waals surface area contributed by atoms with E-state index in [1.54, 1.807) is 20.3 Å². The van der Waals surface area contributed by atoms with Crippen LogP contribution < -0.4 is 14.8 Å². The minimum absolute atomic E-state index is 0.00147. The number of benzene rings is 2. The topological polar surface area (TPSA) is 50.8 Å². The van der Waals surface area contributed by atoms with Crippen LogP contribution in [0.3, 0.4) is 0 Å². The van der Waals surface area contributed by atoms with Gasteiger partial charge < -0.3 is 14.8 Å². The Bertz CT molecular complexity index is 810. The average Bonchev–Trinajstić information content (AvgIpc) is 3.44. The molecule has 0 heterocycles. The Labute approximate surface area is 160 Å². The van der Waals surface area contributed by atoms with Crippen LogP contribution in [0.1, 0.15) is 36.4 Å². The lowest BCUT2D eigenvalue weighted by atomic mass is 10.1. The molecule has 1 N–H and O–H groups in total. The fraction of sp³-hybridized carbons (Fsp3) is 0.409. The van der Waals surface area contributed by atoms with Crippen molar-refractivity contribution in [3.8, 4) is 11.5 Å². The van der Waals surface area contributed by atoms with Gasteiger partial charge in [0.05, 0.1) is 20.8 Å². The molecule has 1 fully saturated rings. The van der Waals surface area contributed by atoms with Gasteiger partial charge in [-0.25, -0.2) is 0 Å². The second-order valence-corrected chi connectivity index (χ2v) is 7.31. The number of amides is 1. The third kappa shape index (κ3) is 3.93. The van der Waals surface area contributed by atoms with Gasteiger partial charge in [0.25, 0.3) is 0 Å². The molecule has 2 aromatic carbocycles. The van der Waals surface area contributed by atoms with Crippen LogP contribution in [0.5, 0.6) is 11.5 Å². The number of anilines is 1. The molecule has 5 nitrogen and oxygen atoms in total. The summed E-state index contributed by atoms with van der Waals surface area (Å²) >= 11 is 0. The minimum Gasteiger partial charge on any atom is -0.497 e. The van der Waals surface area contributed by atoms with E-state index in [0.717, 1.165) is 12.8 Å². The highest BCUT2D eigenvalue weighted by Gasteiger charge is 2.38. The molecule has 2 aromatic rings. The van der Waals surface area contributed by atoms with Crippen LogP contribution in [0.2, 0.25) is 0 Å². The van der Waals surface area contributed by atoms with Gasteiger partial charge in [0.1, 0.15) is 11.5 Å². The highest BCUT2D eigenvalue weighted by atomic mass is 16.5. The van der Waals surface area contributed by atoms with Gasteiger partial charge in [-0.15, -0.1) is 0 Å². The third-order valence-corrected chi connectivity index (χ3v) is 5.48. The number of nitrogens with one attached hydrogen (secondary N) is 1. The van der Waals surface area contributed by atoms with E-state index in [-0.39, 0.29) is 5.91 Å². The molecule has 0 aromatic heterocycles. The first-order valence-electron chi connectivity index (χ1n) is 9.54. The highest BCUT2D eigenvalue weighted by molar-refractivity contribution is 5.92. The molecule has 1 amide bonds. The number of aryl methyl sites for hydroxylation is 1. The zero-order valence-corrected chi connectivity index (χ0v) is 15.9. The molecule has 1 atom stereocenters. The Hall–Kier alpha value is -2.53. The van der Waals surface area contributed by atoms with E-state index in [1.807, 2.05) is 12.1 Å². The smallest absolute Gasteiger partial charge is 0.238 e. The van der Waals surface area contributed by atoms with Crippen molar-refractivity contribution in [1.29, 1.82) is 0 Å². The van der Waals surface area contributed by atoms with Crippen molar-refractivity contribution < 1.29 is 14.3 Å².